The zero-order valence-corrected chi connectivity index (χ0v) is 28.4. The summed E-state index contributed by atoms with van der Waals surface area (Å²) in [4.78, 5) is 24.5. The summed E-state index contributed by atoms with van der Waals surface area (Å²) in [5, 5.41) is 0.0405. The number of carbonyl (C=O) groups is 2. The first-order valence-corrected chi connectivity index (χ1v) is 18.0. The van der Waals surface area contributed by atoms with E-state index in [1.165, 1.54) is 30.1 Å². The van der Waals surface area contributed by atoms with E-state index in [0.717, 1.165) is 25.7 Å². The van der Waals surface area contributed by atoms with Crippen molar-refractivity contribution in [3.63, 3.8) is 0 Å². The van der Waals surface area contributed by atoms with E-state index < -0.39 is 8.32 Å². The highest BCUT2D eigenvalue weighted by Gasteiger charge is 2.59. The molecule has 1 saturated carbocycles. The molecule has 0 amide bonds. The van der Waals surface area contributed by atoms with Crippen LogP contribution in [0, 0.1) is 22.7 Å². The van der Waals surface area contributed by atoms with Crippen LogP contribution >= 0.6 is 0 Å². The summed E-state index contributed by atoms with van der Waals surface area (Å²) in [5.41, 5.74) is 3.89. The van der Waals surface area contributed by atoms with Crippen LogP contribution in [0.25, 0.3) is 0 Å². The molecule has 0 spiro atoms. The van der Waals surface area contributed by atoms with Gasteiger partial charge in [0.1, 0.15) is 18.8 Å². The molecule has 0 heterocycles. The molecule has 0 saturated heterocycles. The average Bonchev–Trinajstić information content (AvgIpc) is 2.73. The summed E-state index contributed by atoms with van der Waals surface area (Å²) in [7, 11) is -2.17. The summed E-state index contributed by atoms with van der Waals surface area (Å²) >= 11 is 0. The number of esters is 2. The summed E-state index contributed by atoms with van der Waals surface area (Å²) in [6.45, 7) is 28.8. The quantitative estimate of drug-likeness (QED) is 0.151. The van der Waals surface area contributed by atoms with E-state index in [-0.39, 0.29) is 51.9 Å². The maximum absolute atomic E-state index is 13.2. The van der Waals surface area contributed by atoms with Gasteiger partial charge in [0.25, 0.3) is 0 Å². The van der Waals surface area contributed by atoms with E-state index in [2.05, 4.69) is 82.3 Å². The van der Waals surface area contributed by atoms with Crippen LogP contribution in [-0.4, -0.2) is 39.1 Å². The molecule has 1 fully saturated rings. The SMILES string of the molecule is CC(=O)OC/C=C(/C)CCC1=C(C)[C@H](O[Si](C)(C)C(C)(C)C)[C@@H](OC(=O)CC(C)C)[C@H]2C(C)(C)CCC[C@]12C. The van der Waals surface area contributed by atoms with Crippen molar-refractivity contribution in [3.8, 4) is 0 Å². The highest BCUT2D eigenvalue weighted by Crippen LogP contribution is 2.62. The molecule has 6 heteroatoms. The Bertz CT molecular complexity index is 952. The standard InChI is InChI=1S/C33H58O5Si/c1-22(2)21-27(35)37-29-28(38-39(12,13)31(6,7)8)24(4)26(16-15-23(3)17-20-36-25(5)34)33(11)19-14-18-32(9,10)30(29)33/h17,22,28-30H,14-16,18-21H2,1-13H3/b23-17-/t28-,29+,30-,33+/m0/s1. The molecular weight excluding hydrogens is 504 g/mol. The molecule has 0 aliphatic heterocycles. The van der Waals surface area contributed by atoms with Crippen molar-refractivity contribution in [2.24, 2.45) is 22.7 Å². The number of carbonyl (C=O) groups excluding carboxylic acids is 2. The topological polar surface area (TPSA) is 61.8 Å². The fourth-order valence-electron chi connectivity index (χ4n) is 6.79. The van der Waals surface area contributed by atoms with E-state index in [1.807, 2.05) is 6.08 Å². The van der Waals surface area contributed by atoms with Gasteiger partial charge in [0.05, 0.1) is 0 Å². The molecule has 0 aromatic heterocycles. The average molecular weight is 563 g/mol. The molecule has 2 aliphatic carbocycles. The maximum atomic E-state index is 13.2. The van der Waals surface area contributed by atoms with E-state index in [0.29, 0.717) is 13.0 Å². The van der Waals surface area contributed by atoms with E-state index in [9.17, 15) is 9.59 Å². The molecule has 0 N–H and O–H groups in total. The maximum Gasteiger partial charge on any atom is 0.306 e. The first-order valence-electron chi connectivity index (χ1n) is 15.1. The highest BCUT2D eigenvalue weighted by atomic mass is 28.4. The van der Waals surface area contributed by atoms with E-state index in [4.69, 9.17) is 13.9 Å². The lowest BCUT2D eigenvalue weighted by molar-refractivity contribution is -0.175. The van der Waals surface area contributed by atoms with Crippen molar-refractivity contribution < 1.29 is 23.5 Å². The number of ether oxygens (including phenoxy) is 2. The van der Waals surface area contributed by atoms with Gasteiger partial charge in [-0.15, -0.1) is 0 Å². The Morgan fingerprint density at radius 3 is 2.26 bits per heavy atom. The van der Waals surface area contributed by atoms with Crippen molar-refractivity contribution in [2.75, 3.05) is 6.61 Å². The third kappa shape index (κ3) is 8.09. The lowest BCUT2D eigenvalue weighted by atomic mass is 9.48. The predicted octanol–water partition coefficient (Wildman–Crippen LogP) is 8.79. The fourth-order valence-corrected chi connectivity index (χ4v) is 8.09. The van der Waals surface area contributed by atoms with Crippen LogP contribution < -0.4 is 0 Å². The van der Waals surface area contributed by atoms with Crippen LogP contribution in [0.15, 0.2) is 22.8 Å². The number of hydrogen-bond donors (Lipinski definition) is 0. The minimum absolute atomic E-state index is 0.0109. The zero-order valence-electron chi connectivity index (χ0n) is 27.4. The molecule has 5 nitrogen and oxygen atoms in total. The predicted molar refractivity (Wildman–Crippen MR) is 163 cm³/mol. The molecule has 0 aromatic rings. The minimum atomic E-state index is -2.17. The first kappa shape index (κ1) is 33.8. The molecule has 0 aromatic carbocycles. The van der Waals surface area contributed by atoms with Gasteiger partial charge in [0.15, 0.2) is 8.32 Å². The minimum Gasteiger partial charge on any atom is -0.462 e. The Kier molecular flexibility index (Phi) is 10.9. The second kappa shape index (κ2) is 12.6. The van der Waals surface area contributed by atoms with Gasteiger partial charge in [-0.3, -0.25) is 9.59 Å². The summed E-state index contributed by atoms with van der Waals surface area (Å²) in [6.07, 6.45) is 7.12. The van der Waals surface area contributed by atoms with Crippen molar-refractivity contribution in [3.05, 3.63) is 22.8 Å². The van der Waals surface area contributed by atoms with Crippen molar-refractivity contribution in [1.29, 1.82) is 0 Å². The largest absolute Gasteiger partial charge is 0.462 e. The summed E-state index contributed by atoms with van der Waals surface area (Å²) in [5.74, 6) is 0.0607. The Labute approximate surface area is 240 Å². The van der Waals surface area contributed by atoms with Gasteiger partial charge in [-0.25, -0.2) is 0 Å². The number of rotatable bonds is 10. The Balaban J connectivity index is 2.63. The molecule has 0 bridgehead atoms. The van der Waals surface area contributed by atoms with Crippen molar-refractivity contribution >= 4 is 20.3 Å². The van der Waals surface area contributed by atoms with Crippen LogP contribution in [0.4, 0.5) is 0 Å². The Hall–Kier alpha value is -1.40. The lowest BCUT2D eigenvalue weighted by Gasteiger charge is -2.60. The van der Waals surface area contributed by atoms with Gasteiger partial charge in [-0.1, -0.05) is 73.0 Å². The van der Waals surface area contributed by atoms with Gasteiger partial charge in [-0.2, -0.15) is 0 Å². The van der Waals surface area contributed by atoms with E-state index in [1.54, 1.807) is 0 Å². The highest BCUT2D eigenvalue weighted by molar-refractivity contribution is 6.74. The van der Waals surface area contributed by atoms with Gasteiger partial charge in [-0.05, 0) is 86.1 Å². The molecule has 2 rings (SSSR count). The molecule has 2 aliphatic rings. The second-order valence-electron chi connectivity index (χ2n) is 15.1. The number of allylic oxidation sites excluding steroid dienone is 2. The monoisotopic (exact) mass is 562 g/mol. The molecular formula is C33H58O5Si. The lowest BCUT2D eigenvalue weighted by Crippen LogP contribution is -2.60. The third-order valence-corrected chi connectivity index (χ3v) is 14.3. The zero-order chi connectivity index (χ0) is 30.0. The first-order chi connectivity index (χ1) is 17.7. The molecule has 4 atom stereocenters. The number of hydrogen-bond acceptors (Lipinski definition) is 5. The molecule has 0 unspecified atom stereocenters. The number of fused-ring (bicyclic) bond motifs is 1. The fraction of sp³-hybridized carbons (Fsp3) is 0.818. The molecule has 39 heavy (non-hydrogen) atoms. The van der Waals surface area contributed by atoms with Gasteiger partial charge < -0.3 is 13.9 Å². The smallest absolute Gasteiger partial charge is 0.306 e. The third-order valence-electron chi connectivity index (χ3n) is 9.82. The van der Waals surface area contributed by atoms with Crippen LogP contribution in [0.3, 0.4) is 0 Å². The Morgan fingerprint density at radius 1 is 1.10 bits per heavy atom. The van der Waals surface area contributed by atoms with Crippen molar-refractivity contribution in [2.45, 2.75) is 145 Å². The molecule has 0 radical (unpaired) electrons. The summed E-state index contributed by atoms with van der Waals surface area (Å²) < 4.78 is 18.9. The van der Waals surface area contributed by atoms with Crippen molar-refractivity contribution in [1.82, 2.24) is 0 Å². The van der Waals surface area contributed by atoms with Crippen LogP contribution in [0.5, 0.6) is 0 Å². The van der Waals surface area contributed by atoms with Crippen LogP contribution in [-0.2, 0) is 23.5 Å². The van der Waals surface area contributed by atoms with Gasteiger partial charge in [0, 0.05) is 19.3 Å². The van der Waals surface area contributed by atoms with Crippen LogP contribution in [0.2, 0.25) is 18.1 Å². The van der Waals surface area contributed by atoms with Gasteiger partial charge >= 0.3 is 11.9 Å². The van der Waals surface area contributed by atoms with Crippen LogP contribution in [0.1, 0.15) is 115 Å². The second-order valence-corrected chi connectivity index (χ2v) is 19.9. The Morgan fingerprint density at radius 2 is 1.72 bits per heavy atom. The van der Waals surface area contributed by atoms with Gasteiger partial charge in [0.2, 0.25) is 0 Å². The summed E-state index contributed by atoms with van der Waals surface area (Å²) in [6, 6.07) is 0. The van der Waals surface area contributed by atoms with E-state index >= 15 is 0 Å². The normalized spacial score (nSPS) is 27.8. The molecule has 224 valence electrons.